The first-order valence-electron chi connectivity index (χ1n) is 7.02. The Morgan fingerprint density at radius 2 is 1.63 bits per heavy atom. The van der Waals surface area contributed by atoms with Crippen molar-refractivity contribution in [1.29, 1.82) is 0 Å². The first-order valence-corrected chi connectivity index (χ1v) is 7.02. The Kier molecular flexibility index (Phi) is 4.39. The summed E-state index contributed by atoms with van der Waals surface area (Å²) in [7, 11) is 2.02. The maximum absolute atomic E-state index is 3.34. The number of hydrogen-bond acceptors (Lipinski definition) is 1. The van der Waals surface area contributed by atoms with Crippen molar-refractivity contribution in [2.45, 2.75) is 33.2 Å². The molecule has 0 amide bonds. The molecule has 0 heterocycles. The lowest BCUT2D eigenvalue weighted by Gasteiger charge is -2.17. The minimum absolute atomic E-state index is 0.389. The van der Waals surface area contributed by atoms with Gasteiger partial charge in [0.1, 0.15) is 0 Å². The standard InChI is InChI=1S/C18H23N/c1-5-15-10-11-17(12-18(15)14(3)19-4)16-8-6-13(2)7-9-16/h6-12,14,19H,5H2,1-4H3. The highest BCUT2D eigenvalue weighted by atomic mass is 14.9. The van der Waals surface area contributed by atoms with Crippen LogP contribution in [0.25, 0.3) is 11.1 Å². The summed E-state index contributed by atoms with van der Waals surface area (Å²) >= 11 is 0. The molecule has 2 aromatic rings. The van der Waals surface area contributed by atoms with Crippen molar-refractivity contribution in [2.75, 3.05) is 7.05 Å². The molecule has 1 N–H and O–H groups in total. The van der Waals surface area contributed by atoms with Crippen LogP contribution in [0.4, 0.5) is 0 Å². The molecule has 1 unspecified atom stereocenters. The summed E-state index contributed by atoms with van der Waals surface area (Å²) in [4.78, 5) is 0. The van der Waals surface area contributed by atoms with Gasteiger partial charge in [-0.05, 0) is 55.6 Å². The fourth-order valence-electron chi connectivity index (χ4n) is 2.40. The second-order valence-electron chi connectivity index (χ2n) is 5.14. The van der Waals surface area contributed by atoms with Crippen molar-refractivity contribution < 1.29 is 0 Å². The second kappa shape index (κ2) is 6.03. The van der Waals surface area contributed by atoms with Gasteiger partial charge in [-0.2, -0.15) is 0 Å². The van der Waals surface area contributed by atoms with E-state index in [1.165, 1.54) is 27.8 Å². The third-order valence-electron chi connectivity index (χ3n) is 3.81. The van der Waals surface area contributed by atoms with E-state index in [0.29, 0.717) is 6.04 Å². The lowest BCUT2D eigenvalue weighted by molar-refractivity contribution is 0.646. The summed E-state index contributed by atoms with van der Waals surface area (Å²) in [6.45, 7) is 6.55. The molecule has 1 nitrogen and oxygen atoms in total. The molecule has 0 aromatic heterocycles. The maximum Gasteiger partial charge on any atom is 0.0291 e. The second-order valence-corrected chi connectivity index (χ2v) is 5.14. The first-order chi connectivity index (χ1) is 9.15. The summed E-state index contributed by atoms with van der Waals surface area (Å²) in [5, 5.41) is 3.34. The van der Waals surface area contributed by atoms with Gasteiger partial charge in [0.05, 0.1) is 0 Å². The molecule has 2 aromatic carbocycles. The van der Waals surface area contributed by atoms with Crippen LogP contribution in [-0.2, 0) is 6.42 Å². The fraction of sp³-hybridized carbons (Fsp3) is 0.333. The van der Waals surface area contributed by atoms with Crippen LogP contribution >= 0.6 is 0 Å². The zero-order valence-corrected chi connectivity index (χ0v) is 12.3. The summed E-state index contributed by atoms with van der Waals surface area (Å²) in [6.07, 6.45) is 1.08. The van der Waals surface area contributed by atoms with E-state index in [1.54, 1.807) is 0 Å². The van der Waals surface area contributed by atoms with E-state index in [1.807, 2.05) is 7.05 Å². The topological polar surface area (TPSA) is 12.0 Å². The fourth-order valence-corrected chi connectivity index (χ4v) is 2.40. The monoisotopic (exact) mass is 253 g/mol. The molecule has 0 bridgehead atoms. The molecule has 1 atom stereocenters. The van der Waals surface area contributed by atoms with Crippen molar-refractivity contribution in [3.05, 3.63) is 59.2 Å². The molecule has 19 heavy (non-hydrogen) atoms. The molecule has 0 saturated carbocycles. The maximum atomic E-state index is 3.34. The minimum atomic E-state index is 0.389. The zero-order valence-electron chi connectivity index (χ0n) is 12.3. The summed E-state index contributed by atoms with van der Waals surface area (Å²) < 4.78 is 0. The summed E-state index contributed by atoms with van der Waals surface area (Å²) in [5.74, 6) is 0. The molecule has 100 valence electrons. The minimum Gasteiger partial charge on any atom is -0.313 e. The van der Waals surface area contributed by atoms with Crippen LogP contribution in [0.2, 0.25) is 0 Å². The Morgan fingerprint density at radius 1 is 1.00 bits per heavy atom. The molecule has 0 aliphatic heterocycles. The van der Waals surface area contributed by atoms with Crippen LogP contribution in [0, 0.1) is 6.92 Å². The molecule has 0 aliphatic carbocycles. The highest BCUT2D eigenvalue weighted by Crippen LogP contribution is 2.26. The predicted molar refractivity (Wildman–Crippen MR) is 83.5 cm³/mol. The van der Waals surface area contributed by atoms with Gasteiger partial charge in [0.25, 0.3) is 0 Å². The normalized spacial score (nSPS) is 12.4. The molecule has 0 spiro atoms. The van der Waals surface area contributed by atoms with Gasteiger partial charge in [0, 0.05) is 6.04 Å². The van der Waals surface area contributed by atoms with Crippen LogP contribution in [0.15, 0.2) is 42.5 Å². The van der Waals surface area contributed by atoms with Gasteiger partial charge in [-0.1, -0.05) is 48.9 Å². The number of rotatable bonds is 4. The molecule has 1 heteroatoms. The Labute approximate surface area is 116 Å². The highest BCUT2D eigenvalue weighted by molar-refractivity contribution is 5.65. The number of aryl methyl sites for hydroxylation is 2. The van der Waals surface area contributed by atoms with Gasteiger partial charge in [-0.15, -0.1) is 0 Å². The average Bonchev–Trinajstić information content (AvgIpc) is 2.46. The van der Waals surface area contributed by atoms with Crippen LogP contribution in [0.1, 0.15) is 36.6 Å². The molecule has 2 rings (SSSR count). The number of hydrogen-bond donors (Lipinski definition) is 1. The smallest absolute Gasteiger partial charge is 0.0291 e. The number of nitrogens with one attached hydrogen (secondary N) is 1. The summed E-state index contributed by atoms with van der Waals surface area (Å²) in [6, 6.07) is 15.9. The van der Waals surface area contributed by atoms with E-state index in [0.717, 1.165) is 6.42 Å². The van der Waals surface area contributed by atoms with E-state index in [4.69, 9.17) is 0 Å². The van der Waals surface area contributed by atoms with E-state index in [2.05, 4.69) is 68.6 Å². The average molecular weight is 253 g/mol. The van der Waals surface area contributed by atoms with Gasteiger partial charge in [0.2, 0.25) is 0 Å². The van der Waals surface area contributed by atoms with Gasteiger partial charge < -0.3 is 5.32 Å². The first kappa shape index (κ1) is 13.8. The quantitative estimate of drug-likeness (QED) is 0.845. The largest absolute Gasteiger partial charge is 0.313 e. The van der Waals surface area contributed by atoms with Crippen molar-refractivity contribution in [3.8, 4) is 11.1 Å². The summed E-state index contributed by atoms with van der Waals surface area (Å²) in [5.41, 5.74) is 6.73. The van der Waals surface area contributed by atoms with Crippen LogP contribution in [-0.4, -0.2) is 7.05 Å². The lowest BCUT2D eigenvalue weighted by Crippen LogP contribution is -2.14. The van der Waals surface area contributed by atoms with Gasteiger partial charge in [0.15, 0.2) is 0 Å². The van der Waals surface area contributed by atoms with E-state index >= 15 is 0 Å². The SMILES string of the molecule is CCc1ccc(-c2ccc(C)cc2)cc1C(C)NC. The molecule has 0 saturated heterocycles. The Balaban J connectivity index is 2.45. The van der Waals surface area contributed by atoms with Crippen LogP contribution in [0.5, 0.6) is 0 Å². The Hall–Kier alpha value is -1.60. The van der Waals surface area contributed by atoms with Crippen molar-refractivity contribution in [2.24, 2.45) is 0 Å². The predicted octanol–water partition coefficient (Wildman–Crippen LogP) is 4.50. The Bertz CT molecular complexity index is 540. The molecular formula is C18H23N. The van der Waals surface area contributed by atoms with Crippen molar-refractivity contribution >= 4 is 0 Å². The Morgan fingerprint density at radius 3 is 2.21 bits per heavy atom. The molecule has 0 radical (unpaired) electrons. The van der Waals surface area contributed by atoms with Gasteiger partial charge >= 0.3 is 0 Å². The van der Waals surface area contributed by atoms with E-state index in [-0.39, 0.29) is 0 Å². The lowest BCUT2D eigenvalue weighted by atomic mass is 9.94. The van der Waals surface area contributed by atoms with Gasteiger partial charge in [-0.25, -0.2) is 0 Å². The molecular weight excluding hydrogens is 230 g/mol. The highest BCUT2D eigenvalue weighted by Gasteiger charge is 2.09. The zero-order chi connectivity index (χ0) is 13.8. The molecule has 0 fully saturated rings. The van der Waals surface area contributed by atoms with Crippen molar-refractivity contribution in [3.63, 3.8) is 0 Å². The third-order valence-corrected chi connectivity index (χ3v) is 3.81. The third kappa shape index (κ3) is 3.05. The number of benzene rings is 2. The van der Waals surface area contributed by atoms with Crippen molar-refractivity contribution in [1.82, 2.24) is 5.32 Å². The molecule has 0 aliphatic rings. The van der Waals surface area contributed by atoms with E-state index in [9.17, 15) is 0 Å². The van der Waals surface area contributed by atoms with Crippen LogP contribution < -0.4 is 5.32 Å². The van der Waals surface area contributed by atoms with Crippen LogP contribution in [0.3, 0.4) is 0 Å². The van der Waals surface area contributed by atoms with E-state index < -0.39 is 0 Å². The van der Waals surface area contributed by atoms with Gasteiger partial charge in [-0.3, -0.25) is 0 Å².